The van der Waals surface area contributed by atoms with Crippen molar-refractivity contribution in [2.75, 3.05) is 32.0 Å². The van der Waals surface area contributed by atoms with Crippen molar-refractivity contribution >= 4 is 11.4 Å². The maximum atomic E-state index is 10.9. The lowest BCUT2D eigenvalue weighted by atomic mass is 10.1. The number of nitrogens with zero attached hydrogens (tertiary/aromatic N) is 2. The molecule has 1 saturated heterocycles. The summed E-state index contributed by atoms with van der Waals surface area (Å²) in [6.07, 6.45) is 3.73. The lowest BCUT2D eigenvalue weighted by molar-refractivity contribution is -0.384. The van der Waals surface area contributed by atoms with E-state index in [4.69, 9.17) is 10.5 Å². The van der Waals surface area contributed by atoms with E-state index in [1.54, 1.807) is 12.1 Å². The summed E-state index contributed by atoms with van der Waals surface area (Å²) in [5.41, 5.74) is 5.61. The van der Waals surface area contributed by atoms with Crippen LogP contribution in [0, 0.1) is 10.1 Å². The predicted molar refractivity (Wildman–Crippen MR) is 73.3 cm³/mol. The number of para-hydroxylation sites is 1. The van der Waals surface area contributed by atoms with E-state index < -0.39 is 4.92 Å². The minimum atomic E-state index is -0.494. The molecule has 1 aliphatic heterocycles. The summed E-state index contributed by atoms with van der Waals surface area (Å²) >= 11 is 0. The van der Waals surface area contributed by atoms with E-state index in [1.165, 1.54) is 25.3 Å². The molecule has 0 atom stereocenters. The number of nitrogen functional groups attached to an aromatic ring is 1. The van der Waals surface area contributed by atoms with Crippen LogP contribution in [-0.2, 0) is 0 Å². The van der Waals surface area contributed by atoms with Gasteiger partial charge in [-0.05, 0) is 38.1 Å². The Bertz CT molecular complexity index is 445. The highest BCUT2D eigenvalue weighted by atomic mass is 16.6. The third kappa shape index (κ3) is 3.57. The van der Waals surface area contributed by atoms with Gasteiger partial charge in [0, 0.05) is 6.54 Å². The van der Waals surface area contributed by atoms with Crippen LogP contribution in [0.5, 0.6) is 5.75 Å². The third-order valence-corrected chi connectivity index (χ3v) is 3.33. The summed E-state index contributed by atoms with van der Waals surface area (Å²) < 4.78 is 5.52. The first-order valence-corrected chi connectivity index (χ1v) is 6.56. The number of hydrogen-bond acceptors (Lipinski definition) is 5. The molecule has 0 spiro atoms. The van der Waals surface area contributed by atoms with Crippen LogP contribution in [0.4, 0.5) is 11.4 Å². The number of rotatable bonds is 5. The maximum Gasteiger partial charge on any atom is 0.333 e. The van der Waals surface area contributed by atoms with Gasteiger partial charge in [0.1, 0.15) is 12.3 Å². The van der Waals surface area contributed by atoms with Gasteiger partial charge in [-0.3, -0.25) is 15.0 Å². The van der Waals surface area contributed by atoms with Crippen LogP contribution in [0.3, 0.4) is 0 Å². The van der Waals surface area contributed by atoms with E-state index in [2.05, 4.69) is 4.90 Å². The number of nitrogens with two attached hydrogens (primary N) is 1. The van der Waals surface area contributed by atoms with Gasteiger partial charge in [0.2, 0.25) is 0 Å². The fourth-order valence-electron chi connectivity index (χ4n) is 2.32. The summed E-state index contributed by atoms with van der Waals surface area (Å²) in [6.45, 7) is 3.42. The Kier molecular flexibility index (Phi) is 4.57. The first-order valence-electron chi connectivity index (χ1n) is 6.56. The van der Waals surface area contributed by atoms with E-state index in [1.807, 2.05) is 0 Å². The molecule has 1 aliphatic rings. The minimum absolute atomic E-state index is 0.138. The molecule has 0 unspecified atom stereocenters. The van der Waals surface area contributed by atoms with Crippen LogP contribution in [0.2, 0.25) is 0 Å². The van der Waals surface area contributed by atoms with Gasteiger partial charge in [-0.2, -0.15) is 0 Å². The highest BCUT2D eigenvalue weighted by molar-refractivity contribution is 5.65. The Morgan fingerprint density at radius 2 is 2.05 bits per heavy atom. The lowest BCUT2D eigenvalue weighted by Crippen LogP contribution is -2.33. The number of nitro groups is 1. The van der Waals surface area contributed by atoms with Gasteiger partial charge in [0.05, 0.1) is 4.92 Å². The molecule has 6 heteroatoms. The van der Waals surface area contributed by atoms with Gasteiger partial charge < -0.3 is 10.5 Å². The van der Waals surface area contributed by atoms with Gasteiger partial charge in [0.25, 0.3) is 0 Å². The fraction of sp³-hybridized carbons (Fsp3) is 0.538. The number of anilines is 1. The highest BCUT2D eigenvalue weighted by Gasteiger charge is 2.19. The van der Waals surface area contributed by atoms with Crippen molar-refractivity contribution in [2.45, 2.75) is 19.3 Å². The molecule has 0 amide bonds. The molecule has 0 radical (unpaired) electrons. The Labute approximate surface area is 112 Å². The molecular weight excluding hydrogens is 246 g/mol. The quantitative estimate of drug-likeness (QED) is 0.500. The lowest BCUT2D eigenvalue weighted by Gasteiger charge is -2.26. The Hall–Kier alpha value is -1.82. The number of likely N-dealkylation sites (tertiary alicyclic amines) is 1. The van der Waals surface area contributed by atoms with Gasteiger partial charge in [-0.25, -0.2) is 0 Å². The Balaban J connectivity index is 1.92. The summed E-state index contributed by atoms with van der Waals surface area (Å²) in [5, 5.41) is 10.9. The van der Waals surface area contributed by atoms with E-state index in [-0.39, 0.29) is 17.1 Å². The van der Waals surface area contributed by atoms with Crippen molar-refractivity contribution in [1.29, 1.82) is 0 Å². The first kappa shape index (κ1) is 13.6. The van der Waals surface area contributed by atoms with Gasteiger partial charge >= 0.3 is 5.69 Å². The third-order valence-electron chi connectivity index (χ3n) is 3.33. The zero-order chi connectivity index (χ0) is 13.7. The number of hydrogen-bond donors (Lipinski definition) is 1. The van der Waals surface area contributed by atoms with Crippen LogP contribution >= 0.6 is 0 Å². The molecule has 0 aromatic heterocycles. The normalized spacial score (nSPS) is 16.2. The average molecular weight is 265 g/mol. The predicted octanol–water partition coefficient (Wildman–Crippen LogP) is 2.04. The van der Waals surface area contributed by atoms with E-state index >= 15 is 0 Å². The molecule has 0 aliphatic carbocycles. The van der Waals surface area contributed by atoms with Crippen molar-refractivity contribution < 1.29 is 9.66 Å². The minimum Gasteiger partial charge on any atom is -0.485 e. The molecule has 1 aromatic rings. The second kappa shape index (κ2) is 6.38. The molecule has 1 aromatic carbocycles. The van der Waals surface area contributed by atoms with Crippen LogP contribution < -0.4 is 10.5 Å². The largest absolute Gasteiger partial charge is 0.485 e. The first-order chi connectivity index (χ1) is 9.18. The topological polar surface area (TPSA) is 81.6 Å². The Morgan fingerprint density at radius 3 is 2.74 bits per heavy atom. The van der Waals surface area contributed by atoms with Crippen molar-refractivity contribution in [2.24, 2.45) is 0 Å². The molecule has 0 saturated carbocycles. The van der Waals surface area contributed by atoms with Crippen LogP contribution in [-0.4, -0.2) is 36.1 Å². The summed E-state index contributed by atoms with van der Waals surface area (Å²) in [6, 6.07) is 4.76. The van der Waals surface area contributed by atoms with Crippen LogP contribution in [0.1, 0.15) is 19.3 Å². The summed E-state index contributed by atoms with van der Waals surface area (Å²) in [4.78, 5) is 12.8. The van der Waals surface area contributed by atoms with Crippen molar-refractivity contribution in [3.8, 4) is 5.75 Å². The Morgan fingerprint density at radius 1 is 1.32 bits per heavy atom. The smallest absolute Gasteiger partial charge is 0.333 e. The molecule has 19 heavy (non-hydrogen) atoms. The zero-order valence-electron chi connectivity index (χ0n) is 10.9. The molecule has 6 nitrogen and oxygen atoms in total. The van der Waals surface area contributed by atoms with Gasteiger partial charge in [0.15, 0.2) is 5.75 Å². The average Bonchev–Trinajstić information content (AvgIpc) is 2.39. The highest BCUT2D eigenvalue weighted by Crippen LogP contribution is 2.32. The SMILES string of the molecule is Nc1cccc(OCCN2CCCCC2)c1[N+](=O)[O-]. The van der Waals surface area contributed by atoms with Crippen molar-refractivity contribution in [1.82, 2.24) is 4.90 Å². The maximum absolute atomic E-state index is 10.9. The number of ether oxygens (including phenoxy) is 1. The standard InChI is InChI=1S/C13H19N3O3/c14-11-5-4-6-12(13(11)16(17)18)19-10-9-15-7-2-1-3-8-15/h4-6H,1-3,7-10,14H2. The summed E-state index contributed by atoms with van der Waals surface area (Å²) in [7, 11) is 0. The molecule has 0 bridgehead atoms. The molecule has 1 heterocycles. The van der Waals surface area contributed by atoms with Gasteiger partial charge in [-0.1, -0.05) is 12.5 Å². The number of benzene rings is 1. The van der Waals surface area contributed by atoms with Crippen LogP contribution in [0.25, 0.3) is 0 Å². The van der Waals surface area contributed by atoms with E-state index in [9.17, 15) is 10.1 Å². The fourth-order valence-corrected chi connectivity index (χ4v) is 2.32. The number of nitro benzene ring substituents is 1. The molecule has 104 valence electrons. The monoisotopic (exact) mass is 265 g/mol. The van der Waals surface area contributed by atoms with E-state index in [0.717, 1.165) is 19.6 Å². The summed E-state index contributed by atoms with van der Waals surface area (Å²) in [5.74, 6) is 0.252. The zero-order valence-corrected chi connectivity index (χ0v) is 10.9. The molecule has 2 N–H and O–H groups in total. The van der Waals surface area contributed by atoms with Gasteiger partial charge in [-0.15, -0.1) is 0 Å². The second-order valence-electron chi connectivity index (χ2n) is 4.70. The molecule has 2 rings (SSSR count). The van der Waals surface area contributed by atoms with Crippen LogP contribution in [0.15, 0.2) is 18.2 Å². The molecular formula is C13H19N3O3. The molecule has 1 fully saturated rings. The van der Waals surface area contributed by atoms with Crippen molar-refractivity contribution in [3.63, 3.8) is 0 Å². The van der Waals surface area contributed by atoms with Crippen molar-refractivity contribution in [3.05, 3.63) is 28.3 Å². The second-order valence-corrected chi connectivity index (χ2v) is 4.70. The number of piperidine rings is 1. The van der Waals surface area contributed by atoms with E-state index in [0.29, 0.717) is 6.61 Å².